The van der Waals surface area contributed by atoms with Gasteiger partial charge >= 0.3 is 6.18 Å². The SMILES string of the molecule is NC(=O)c1cccc(-c2ccc(C(F)(F)F)cc2O)c1. The van der Waals surface area contributed by atoms with Gasteiger partial charge in [0.15, 0.2) is 0 Å². The van der Waals surface area contributed by atoms with Crippen LogP contribution in [0.15, 0.2) is 42.5 Å². The average Bonchev–Trinajstić information content (AvgIpc) is 2.37. The molecule has 3 nitrogen and oxygen atoms in total. The fourth-order valence-electron chi connectivity index (χ4n) is 1.79. The van der Waals surface area contributed by atoms with E-state index in [9.17, 15) is 23.1 Å². The largest absolute Gasteiger partial charge is 0.507 e. The van der Waals surface area contributed by atoms with Crippen LogP contribution in [0.3, 0.4) is 0 Å². The van der Waals surface area contributed by atoms with Gasteiger partial charge in [0.1, 0.15) is 5.75 Å². The van der Waals surface area contributed by atoms with Crippen LogP contribution in [0.25, 0.3) is 11.1 Å². The molecule has 2 rings (SSSR count). The number of alkyl halides is 3. The molecule has 0 fully saturated rings. The fraction of sp³-hybridized carbons (Fsp3) is 0.0714. The highest BCUT2D eigenvalue weighted by molar-refractivity contribution is 5.94. The van der Waals surface area contributed by atoms with Crippen LogP contribution < -0.4 is 5.73 Å². The number of benzene rings is 2. The Hall–Kier alpha value is -2.50. The Morgan fingerprint density at radius 1 is 1.10 bits per heavy atom. The lowest BCUT2D eigenvalue weighted by Crippen LogP contribution is -2.10. The van der Waals surface area contributed by atoms with Gasteiger partial charge in [-0.05, 0) is 29.8 Å². The van der Waals surface area contributed by atoms with Gasteiger partial charge in [0.2, 0.25) is 5.91 Å². The van der Waals surface area contributed by atoms with Crippen molar-refractivity contribution in [3.05, 3.63) is 53.6 Å². The summed E-state index contributed by atoms with van der Waals surface area (Å²) in [4.78, 5) is 11.1. The molecule has 0 aromatic heterocycles. The molecule has 3 N–H and O–H groups in total. The maximum atomic E-state index is 12.5. The number of phenols is 1. The highest BCUT2D eigenvalue weighted by Gasteiger charge is 2.31. The molecule has 2 aromatic carbocycles. The molecular formula is C14H10F3NO2. The van der Waals surface area contributed by atoms with Crippen LogP contribution >= 0.6 is 0 Å². The van der Waals surface area contributed by atoms with E-state index < -0.39 is 23.4 Å². The molecule has 0 atom stereocenters. The zero-order valence-corrected chi connectivity index (χ0v) is 10.1. The second kappa shape index (κ2) is 4.88. The lowest BCUT2D eigenvalue weighted by atomic mass is 10.0. The van der Waals surface area contributed by atoms with Crippen molar-refractivity contribution in [2.45, 2.75) is 6.18 Å². The zero-order chi connectivity index (χ0) is 14.9. The first-order chi connectivity index (χ1) is 9.29. The number of hydrogen-bond acceptors (Lipinski definition) is 2. The minimum absolute atomic E-state index is 0.195. The van der Waals surface area contributed by atoms with Crippen molar-refractivity contribution in [1.29, 1.82) is 0 Å². The Morgan fingerprint density at radius 3 is 2.35 bits per heavy atom. The second-order valence-electron chi connectivity index (χ2n) is 4.17. The van der Waals surface area contributed by atoms with Crippen molar-refractivity contribution in [3.63, 3.8) is 0 Å². The molecule has 2 aromatic rings. The van der Waals surface area contributed by atoms with Gasteiger partial charge < -0.3 is 10.8 Å². The van der Waals surface area contributed by atoms with E-state index in [0.717, 1.165) is 12.1 Å². The van der Waals surface area contributed by atoms with Crippen molar-refractivity contribution in [2.75, 3.05) is 0 Å². The minimum atomic E-state index is -4.52. The van der Waals surface area contributed by atoms with Gasteiger partial charge in [-0.3, -0.25) is 4.79 Å². The molecule has 0 unspecified atom stereocenters. The summed E-state index contributed by atoms with van der Waals surface area (Å²) in [6, 6.07) is 8.65. The summed E-state index contributed by atoms with van der Waals surface area (Å²) in [5.41, 5.74) is 5.00. The van der Waals surface area contributed by atoms with E-state index in [1.54, 1.807) is 6.07 Å². The maximum Gasteiger partial charge on any atom is 0.416 e. The molecule has 6 heteroatoms. The van der Waals surface area contributed by atoms with Crippen molar-refractivity contribution in [1.82, 2.24) is 0 Å². The van der Waals surface area contributed by atoms with Crippen molar-refractivity contribution in [3.8, 4) is 16.9 Å². The van der Waals surface area contributed by atoms with Gasteiger partial charge in [-0.25, -0.2) is 0 Å². The predicted octanol–water partition coefficient (Wildman–Crippen LogP) is 3.18. The molecular weight excluding hydrogens is 271 g/mol. The van der Waals surface area contributed by atoms with Gasteiger partial charge in [-0.1, -0.05) is 18.2 Å². The molecule has 0 spiro atoms. The maximum absolute atomic E-state index is 12.5. The second-order valence-corrected chi connectivity index (χ2v) is 4.17. The first-order valence-electron chi connectivity index (χ1n) is 5.59. The highest BCUT2D eigenvalue weighted by Crippen LogP contribution is 2.36. The molecule has 0 heterocycles. The molecule has 0 saturated heterocycles. The minimum Gasteiger partial charge on any atom is -0.507 e. The molecule has 0 saturated carbocycles. The van der Waals surface area contributed by atoms with E-state index in [4.69, 9.17) is 5.73 Å². The van der Waals surface area contributed by atoms with E-state index in [0.29, 0.717) is 11.6 Å². The average molecular weight is 281 g/mol. The highest BCUT2D eigenvalue weighted by atomic mass is 19.4. The first kappa shape index (κ1) is 13.9. The zero-order valence-electron chi connectivity index (χ0n) is 10.1. The van der Waals surface area contributed by atoms with Crippen LogP contribution in [-0.2, 0) is 6.18 Å². The summed E-state index contributed by atoms with van der Waals surface area (Å²) in [5.74, 6) is -1.17. The van der Waals surface area contributed by atoms with Crippen LogP contribution in [0.1, 0.15) is 15.9 Å². The predicted molar refractivity (Wildman–Crippen MR) is 67.1 cm³/mol. The Bertz CT molecular complexity index is 666. The van der Waals surface area contributed by atoms with Gasteiger partial charge in [0, 0.05) is 11.1 Å². The van der Waals surface area contributed by atoms with Crippen LogP contribution in [-0.4, -0.2) is 11.0 Å². The van der Waals surface area contributed by atoms with E-state index >= 15 is 0 Å². The van der Waals surface area contributed by atoms with Crippen LogP contribution in [0.2, 0.25) is 0 Å². The summed E-state index contributed by atoms with van der Waals surface area (Å²) in [6.45, 7) is 0. The summed E-state index contributed by atoms with van der Waals surface area (Å²) in [6.07, 6.45) is -4.52. The molecule has 0 aliphatic rings. The number of aromatic hydroxyl groups is 1. The number of carbonyl (C=O) groups is 1. The molecule has 0 bridgehead atoms. The third-order valence-electron chi connectivity index (χ3n) is 2.78. The number of rotatable bonds is 2. The summed E-state index contributed by atoms with van der Waals surface area (Å²) < 4.78 is 37.5. The Kier molecular flexibility index (Phi) is 3.40. The molecule has 20 heavy (non-hydrogen) atoms. The molecule has 104 valence electrons. The van der Waals surface area contributed by atoms with E-state index in [-0.39, 0.29) is 11.1 Å². The van der Waals surface area contributed by atoms with Crippen molar-refractivity contribution >= 4 is 5.91 Å². The van der Waals surface area contributed by atoms with E-state index in [2.05, 4.69) is 0 Å². The topological polar surface area (TPSA) is 63.3 Å². The summed E-state index contributed by atoms with van der Waals surface area (Å²) in [7, 11) is 0. The number of halogens is 3. The number of amides is 1. The summed E-state index contributed by atoms with van der Waals surface area (Å²) >= 11 is 0. The quantitative estimate of drug-likeness (QED) is 0.888. The van der Waals surface area contributed by atoms with E-state index in [1.165, 1.54) is 18.2 Å². The first-order valence-corrected chi connectivity index (χ1v) is 5.59. The van der Waals surface area contributed by atoms with Crippen molar-refractivity contribution < 1.29 is 23.1 Å². The molecule has 0 aliphatic carbocycles. The summed E-state index contributed by atoms with van der Waals surface area (Å²) in [5, 5.41) is 9.72. The lowest BCUT2D eigenvalue weighted by Gasteiger charge is -2.10. The lowest BCUT2D eigenvalue weighted by molar-refractivity contribution is -0.137. The van der Waals surface area contributed by atoms with Crippen molar-refractivity contribution in [2.24, 2.45) is 5.73 Å². The number of hydrogen-bond donors (Lipinski definition) is 2. The Labute approximate surface area is 112 Å². The van der Waals surface area contributed by atoms with Gasteiger partial charge in [-0.2, -0.15) is 13.2 Å². The Morgan fingerprint density at radius 2 is 1.80 bits per heavy atom. The Balaban J connectivity index is 2.49. The molecule has 0 aliphatic heterocycles. The molecule has 0 radical (unpaired) electrons. The third kappa shape index (κ3) is 2.74. The number of primary amides is 1. The smallest absolute Gasteiger partial charge is 0.416 e. The third-order valence-corrected chi connectivity index (χ3v) is 2.78. The monoisotopic (exact) mass is 281 g/mol. The van der Waals surface area contributed by atoms with Gasteiger partial charge in [-0.15, -0.1) is 0 Å². The normalized spacial score (nSPS) is 11.3. The molecule has 1 amide bonds. The van der Waals surface area contributed by atoms with Gasteiger partial charge in [0.05, 0.1) is 5.56 Å². The van der Waals surface area contributed by atoms with Crippen LogP contribution in [0, 0.1) is 0 Å². The number of carbonyl (C=O) groups excluding carboxylic acids is 1. The standard InChI is InChI=1S/C14H10F3NO2/c15-14(16,17)10-4-5-11(12(19)7-10)8-2-1-3-9(6-8)13(18)20/h1-7,19H,(H2,18,20). The number of nitrogens with two attached hydrogens (primary N) is 1. The van der Waals surface area contributed by atoms with Gasteiger partial charge in [0.25, 0.3) is 0 Å². The fourth-order valence-corrected chi connectivity index (χ4v) is 1.79. The number of phenolic OH excluding ortho intramolecular Hbond substituents is 1. The van der Waals surface area contributed by atoms with E-state index in [1.807, 2.05) is 0 Å². The van der Waals surface area contributed by atoms with Crippen LogP contribution in [0.4, 0.5) is 13.2 Å². The van der Waals surface area contributed by atoms with Crippen LogP contribution in [0.5, 0.6) is 5.75 Å².